The molecule has 2 aliphatic rings. The number of hydrogen-bond acceptors (Lipinski definition) is 4. The highest BCUT2D eigenvalue weighted by molar-refractivity contribution is 7.10. The molecule has 5 heteroatoms. The summed E-state index contributed by atoms with van der Waals surface area (Å²) in [6, 6.07) is 4.00. The largest absolute Gasteiger partial charge is 0.376 e. The van der Waals surface area contributed by atoms with Gasteiger partial charge in [-0.2, -0.15) is 0 Å². The van der Waals surface area contributed by atoms with E-state index >= 15 is 0 Å². The summed E-state index contributed by atoms with van der Waals surface area (Å²) in [6.45, 7) is 2.63. The molecule has 104 valence electrons. The van der Waals surface area contributed by atoms with Gasteiger partial charge in [0.05, 0.1) is 18.2 Å². The van der Waals surface area contributed by atoms with E-state index in [0.717, 1.165) is 12.8 Å². The lowest BCUT2D eigenvalue weighted by atomic mass is 9.79. The van der Waals surface area contributed by atoms with Crippen LogP contribution in [-0.2, 0) is 9.53 Å². The van der Waals surface area contributed by atoms with E-state index in [1.54, 1.807) is 18.4 Å². The van der Waals surface area contributed by atoms with Crippen LogP contribution in [-0.4, -0.2) is 36.1 Å². The van der Waals surface area contributed by atoms with Crippen molar-refractivity contribution in [3.05, 3.63) is 22.4 Å². The van der Waals surface area contributed by atoms with Gasteiger partial charge in [-0.05, 0) is 37.6 Å². The summed E-state index contributed by atoms with van der Waals surface area (Å²) in [7, 11) is 1.76. The van der Waals surface area contributed by atoms with Gasteiger partial charge in [0.25, 0.3) is 0 Å². The third-order valence-electron chi connectivity index (χ3n) is 4.34. The number of amides is 1. The fourth-order valence-corrected chi connectivity index (χ4v) is 3.73. The van der Waals surface area contributed by atoms with Crippen molar-refractivity contribution in [2.24, 2.45) is 0 Å². The molecule has 1 aromatic heterocycles. The van der Waals surface area contributed by atoms with Crippen LogP contribution >= 0.6 is 11.3 Å². The van der Waals surface area contributed by atoms with Gasteiger partial charge in [0, 0.05) is 12.0 Å². The molecular formula is C14H20N2O2S. The summed E-state index contributed by atoms with van der Waals surface area (Å²) < 4.78 is 5.67. The van der Waals surface area contributed by atoms with Gasteiger partial charge < -0.3 is 9.64 Å². The minimum absolute atomic E-state index is 0.00937. The summed E-state index contributed by atoms with van der Waals surface area (Å²) in [5.74, 6) is 0.182. The van der Waals surface area contributed by atoms with Crippen molar-refractivity contribution in [1.82, 2.24) is 10.2 Å². The van der Waals surface area contributed by atoms with Crippen LogP contribution < -0.4 is 5.32 Å². The van der Waals surface area contributed by atoms with Gasteiger partial charge >= 0.3 is 0 Å². The monoisotopic (exact) mass is 280 g/mol. The number of nitrogens with one attached hydrogen (secondary N) is 1. The number of rotatable bonds is 4. The minimum atomic E-state index is -0.114. The Hall–Kier alpha value is -0.910. The number of methoxy groups -OCH3 is 1. The normalized spacial score (nSPS) is 29.6. The van der Waals surface area contributed by atoms with E-state index in [1.807, 2.05) is 17.9 Å². The van der Waals surface area contributed by atoms with Crippen molar-refractivity contribution in [3.8, 4) is 0 Å². The lowest BCUT2D eigenvalue weighted by Crippen LogP contribution is -2.51. The summed E-state index contributed by atoms with van der Waals surface area (Å²) in [6.07, 6.45) is 3.32. The molecule has 1 saturated heterocycles. The van der Waals surface area contributed by atoms with Crippen LogP contribution in [0.25, 0.3) is 0 Å². The summed E-state index contributed by atoms with van der Waals surface area (Å²) in [5, 5.41) is 5.44. The Morgan fingerprint density at radius 2 is 2.37 bits per heavy atom. The second-order valence-corrected chi connectivity index (χ2v) is 6.49. The fourth-order valence-electron chi connectivity index (χ4n) is 2.93. The molecule has 2 fully saturated rings. The average Bonchev–Trinajstić information content (AvgIpc) is 2.96. The van der Waals surface area contributed by atoms with E-state index in [-0.39, 0.29) is 23.7 Å². The SMILES string of the molecule is COC1(CN2C(=O)C(C)NC2c2cccs2)CCC1. The zero-order valence-electron chi connectivity index (χ0n) is 11.4. The zero-order valence-corrected chi connectivity index (χ0v) is 12.2. The average molecular weight is 280 g/mol. The van der Waals surface area contributed by atoms with Crippen LogP contribution in [0.15, 0.2) is 17.5 Å². The van der Waals surface area contributed by atoms with E-state index < -0.39 is 0 Å². The van der Waals surface area contributed by atoms with Gasteiger partial charge in [0.2, 0.25) is 5.91 Å². The number of ether oxygens (including phenoxy) is 1. The van der Waals surface area contributed by atoms with Gasteiger partial charge in [-0.25, -0.2) is 0 Å². The van der Waals surface area contributed by atoms with Crippen molar-refractivity contribution in [1.29, 1.82) is 0 Å². The summed E-state index contributed by atoms with van der Waals surface area (Å²) in [4.78, 5) is 15.5. The van der Waals surface area contributed by atoms with Crippen LogP contribution in [0.5, 0.6) is 0 Å². The second-order valence-electron chi connectivity index (χ2n) is 5.51. The molecular weight excluding hydrogens is 260 g/mol. The molecule has 1 amide bonds. The first kappa shape index (κ1) is 13.1. The smallest absolute Gasteiger partial charge is 0.241 e. The van der Waals surface area contributed by atoms with E-state index in [0.29, 0.717) is 6.54 Å². The van der Waals surface area contributed by atoms with E-state index in [9.17, 15) is 4.79 Å². The molecule has 1 saturated carbocycles. The second kappa shape index (κ2) is 4.89. The molecule has 1 aliphatic heterocycles. The van der Waals surface area contributed by atoms with E-state index in [2.05, 4.69) is 16.8 Å². The van der Waals surface area contributed by atoms with Crippen molar-refractivity contribution in [2.45, 2.75) is 44.0 Å². The lowest BCUT2D eigenvalue weighted by Gasteiger charge is -2.43. The predicted octanol–water partition coefficient (Wildman–Crippen LogP) is 2.14. The Labute approximate surface area is 117 Å². The molecule has 0 aromatic carbocycles. The first-order chi connectivity index (χ1) is 9.15. The molecule has 2 unspecified atom stereocenters. The van der Waals surface area contributed by atoms with Gasteiger partial charge in [0.15, 0.2) is 0 Å². The standard InChI is InChI=1S/C14H20N2O2S/c1-10-13(17)16(9-14(18-2)6-4-7-14)12(15-10)11-5-3-8-19-11/h3,5,8,10,12,15H,4,6-7,9H2,1-2H3. The molecule has 1 aliphatic carbocycles. The lowest BCUT2D eigenvalue weighted by molar-refractivity contribution is -0.140. The highest BCUT2D eigenvalue weighted by Gasteiger charge is 2.45. The Kier molecular flexibility index (Phi) is 3.37. The molecule has 0 spiro atoms. The van der Waals surface area contributed by atoms with E-state index in [1.165, 1.54) is 11.3 Å². The maximum Gasteiger partial charge on any atom is 0.241 e. The third-order valence-corrected chi connectivity index (χ3v) is 5.27. The van der Waals surface area contributed by atoms with Crippen molar-refractivity contribution in [2.75, 3.05) is 13.7 Å². The number of hydrogen-bond donors (Lipinski definition) is 1. The number of carbonyl (C=O) groups excluding carboxylic acids is 1. The Morgan fingerprint density at radius 3 is 2.89 bits per heavy atom. The minimum Gasteiger partial charge on any atom is -0.376 e. The molecule has 4 nitrogen and oxygen atoms in total. The van der Waals surface area contributed by atoms with Crippen molar-refractivity contribution >= 4 is 17.2 Å². The van der Waals surface area contributed by atoms with Crippen LogP contribution in [0, 0.1) is 0 Å². The summed E-state index contributed by atoms with van der Waals surface area (Å²) in [5.41, 5.74) is -0.114. The number of nitrogens with zero attached hydrogens (tertiary/aromatic N) is 1. The van der Waals surface area contributed by atoms with Crippen LogP contribution in [0.2, 0.25) is 0 Å². The summed E-state index contributed by atoms with van der Waals surface area (Å²) >= 11 is 1.69. The number of thiophene rings is 1. The molecule has 1 N–H and O–H groups in total. The van der Waals surface area contributed by atoms with Gasteiger partial charge in [-0.15, -0.1) is 11.3 Å². The molecule has 0 bridgehead atoms. The maximum atomic E-state index is 12.4. The fraction of sp³-hybridized carbons (Fsp3) is 0.643. The molecule has 1 aromatic rings. The van der Waals surface area contributed by atoms with Gasteiger partial charge in [-0.1, -0.05) is 6.07 Å². The first-order valence-electron chi connectivity index (χ1n) is 6.80. The highest BCUT2D eigenvalue weighted by atomic mass is 32.1. The Balaban J connectivity index is 1.81. The molecule has 19 heavy (non-hydrogen) atoms. The zero-order chi connectivity index (χ0) is 13.5. The third kappa shape index (κ3) is 2.20. The quantitative estimate of drug-likeness (QED) is 0.918. The van der Waals surface area contributed by atoms with Crippen molar-refractivity contribution < 1.29 is 9.53 Å². The molecule has 0 radical (unpaired) electrons. The van der Waals surface area contributed by atoms with Crippen LogP contribution in [0.1, 0.15) is 37.2 Å². The Bertz CT molecular complexity index is 451. The topological polar surface area (TPSA) is 41.6 Å². The maximum absolute atomic E-state index is 12.4. The molecule has 2 heterocycles. The Morgan fingerprint density at radius 1 is 1.58 bits per heavy atom. The van der Waals surface area contributed by atoms with E-state index in [4.69, 9.17) is 4.74 Å². The van der Waals surface area contributed by atoms with Gasteiger partial charge in [0.1, 0.15) is 6.17 Å². The predicted molar refractivity (Wildman–Crippen MR) is 75.0 cm³/mol. The molecule has 3 rings (SSSR count). The van der Waals surface area contributed by atoms with Crippen molar-refractivity contribution in [3.63, 3.8) is 0 Å². The molecule has 2 atom stereocenters. The first-order valence-corrected chi connectivity index (χ1v) is 7.68. The number of carbonyl (C=O) groups is 1. The van der Waals surface area contributed by atoms with Crippen LogP contribution in [0.3, 0.4) is 0 Å². The van der Waals surface area contributed by atoms with Crippen LogP contribution in [0.4, 0.5) is 0 Å². The van der Waals surface area contributed by atoms with Gasteiger partial charge in [-0.3, -0.25) is 10.1 Å². The highest BCUT2D eigenvalue weighted by Crippen LogP contribution is 2.39.